The van der Waals surface area contributed by atoms with Crippen molar-refractivity contribution >= 4 is 11.3 Å². The Bertz CT molecular complexity index is 298. The minimum atomic E-state index is 0.510. The lowest BCUT2D eigenvalue weighted by Gasteiger charge is -2.16. The van der Waals surface area contributed by atoms with E-state index in [1.54, 1.807) is 18.4 Å². The Hall–Kier alpha value is -0.540. The third kappa shape index (κ3) is 5.09. The lowest BCUT2D eigenvalue weighted by molar-refractivity contribution is 0.415. The number of nitrogens with one attached hydrogen (secondary N) is 1. The minimum absolute atomic E-state index is 0.510. The van der Waals surface area contributed by atoms with Gasteiger partial charge >= 0.3 is 0 Å². The molecule has 0 bridgehead atoms. The summed E-state index contributed by atoms with van der Waals surface area (Å²) in [7, 11) is 1.73. The van der Waals surface area contributed by atoms with Crippen LogP contribution in [0.5, 0.6) is 5.75 Å². The van der Waals surface area contributed by atoms with Crippen molar-refractivity contribution in [1.29, 1.82) is 0 Å². The summed E-state index contributed by atoms with van der Waals surface area (Å²) in [5.74, 6) is 0.990. The summed E-state index contributed by atoms with van der Waals surface area (Å²) in [4.78, 5) is 1.41. The van der Waals surface area contributed by atoms with Crippen molar-refractivity contribution in [1.82, 2.24) is 5.32 Å². The quantitative estimate of drug-likeness (QED) is 0.661. The first-order valence-electron chi connectivity index (χ1n) is 6.67. The second-order valence-corrected chi connectivity index (χ2v) is 5.33. The Morgan fingerprint density at radius 3 is 2.71 bits per heavy atom. The lowest BCUT2D eigenvalue weighted by atomic mass is 10.1. The van der Waals surface area contributed by atoms with Gasteiger partial charge < -0.3 is 10.1 Å². The number of hydrogen-bond acceptors (Lipinski definition) is 3. The van der Waals surface area contributed by atoms with Crippen LogP contribution in [0.3, 0.4) is 0 Å². The van der Waals surface area contributed by atoms with Gasteiger partial charge in [-0.05, 0) is 25.5 Å². The van der Waals surface area contributed by atoms with E-state index >= 15 is 0 Å². The van der Waals surface area contributed by atoms with Crippen LogP contribution >= 0.6 is 11.3 Å². The molecule has 0 radical (unpaired) electrons. The van der Waals surface area contributed by atoms with Gasteiger partial charge in [0.15, 0.2) is 0 Å². The predicted octanol–water partition coefficient (Wildman–Crippen LogP) is 4.38. The molecule has 0 amide bonds. The standard InChI is InChI=1S/C14H25NOS/c1-4-6-7-8-13(15-9-5-2)14-10-12(16-3)11-17-14/h10-11,13,15H,4-9H2,1-3H3. The van der Waals surface area contributed by atoms with Crippen molar-refractivity contribution in [3.63, 3.8) is 0 Å². The van der Waals surface area contributed by atoms with Gasteiger partial charge in [-0.15, -0.1) is 11.3 Å². The maximum atomic E-state index is 5.26. The largest absolute Gasteiger partial charge is 0.496 e. The molecule has 0 fully saturated rings. The highest BCUT2D eigenvalue weighted by atomic mass is 32.1. The van der Waals surface area contributed by atoms with Gasteiger partial charge in [0, 0.05) is 16.3 Å². The van der Waals surface area contributed by atoms with Gasteiger partial charge in [0.1, 0.15) is 5.75 Å². The first-order valence-corrected chi connectivity index (χ1v) is 7.55. The van der Waals surface area contributed by atoms with E-state index in [1.165, 1.54) is 37.0 Å². The third-order valence-corrected chi connectivity index (χ3v) is 3.94. The van der Waals surface area contributed by atoms with E-state index in [4.69, 9.17) is 4.74 Å². The van der Waals surface area contributed by atoms with Gasteiger partial charge in [0.25, 0.3) is 0 Å². The zero-order chi connectivity index (χ0) is 12.5. The second kappa shape index (κ2) is 8.54. The van der Waals surface area contributed by atoms with E-state index < -0.39 is 0 Å². The molecule has 1 unspecified atom stereocenters. The van der Waals surface area contributed by atoms with Crippen molar-refractivity contribution in [3.05, 3.63) is 16.3 Å². The molecule has 0 spiro atoms. The van der Waals surface area contributed by atoms with Crippen LogP contribution in [0.25, 0.3) is 0 Å². The number of thiophene rings is 1. The van der Waals surface area contributed by atoms with E-state index in [2.05, 4.69) is 30.6 Å². The van der Waals surface area contributed by atoms with Crippen LogP contribution in [0.2, 0.25) is 0 Å². The summed E-state index contributed by atoms with van der Waals surface area (Å²) >= 11 is 1.80. The molecule has 1 aromatic rings. The fourth-order valence-corrected chi connectivity index (χ4v) is 2.85. The Labute approximate surface area is 109 Å². The Morgan fingerprint density at radius 1 is 1.29 bits per heavy atom. The van der Waals surface area contributed by atoms with Crippen molar-refractivity contribution in [3.8, 4) is 5.75 Å². The summed E-state index contributed by atoms with van der Waals surface area (Å²) in [6, 6.07) is 2.68. The van der Waals surface area contributed by atoms with Crippen LogP contribution in [0.4, 0.5) is 0 Å². The van der Waals surface area contributed by atoms with Gasteiger partial charge in [-0.25, -0.2) is 0 Å². The van der Waals surface area contributed by atoms with Crippen LogP contribution in [-0.4, -0.2) is 13.7 Å². The molecule has 0 aliphatic rings. The molecule has 0 saturated carbocycles. The second-order valence-electron chi connectivity index (χ2n) is 4.39. The first-order chi connectivity index (χ1) is 8.31. The van der Waals surface area contributed by atoms with Crippen LogP contribution in [-0.2, 0) is 0 Å². The molecular formula is C14H25NOS. The fraction of sp³-hybridized carbons (Fsp3) is 0.714. The molecule has 3 heteroatoms. The van der Waals surface area contributed by atoms with Crippen LogP contribution in [0, 0.1) is 0 Å². The minimum Gasteiger partial charge on any atom is -0.496 e. The average Bonchev–Trinajstić information content (AvgIpc) is 2.82. The molecule has 2 nitrogen and oxygen atoms in total. The first kappa shape index (κ1) is 14.5. The Balaban J connectivity index is 2.54. The number of rotatable bonds is 9. The molecule has 0 saturated heterocycles. The summed E-state index contributed by atoms with van der Waals surface area (Å²) in [6.07, 6.45) is 6.34. The molecular weight excluding hydrogens is 230 g/mol. The lowest BCUT2D eigenvalue weighted by Crippen LogP contribution is -2.21. The number of methoxy groups -OCH3 is 1. The van der Waals surface area contributed by atoms with E-state index in [-0.39, 0.29) is 0 Å². The van der Waals surface area contributed by atoms with Gasteiger partial charge in [0.05, 0.1) is 7.11 Å². The summed E-state index contributed by atoms with van der Waals surface area (Å²) in [5.41, 5.74) is 0. The Morgan fingerprint density at radius 2 is 2.12 bits per heavy atom. The topological polar surface area (TPSA) is 21.3 Å². The molecule has 1 aromatic heterocycles. The molecule has 1 rings (SSSR count). The number of unbranched alkanes of at least 4 members (excludes halogenated alkanes) is 2. The van der Waals surface area contributed by atoms with E-state index in [0.29, 0.717) is 6.04 Å². The molecule has 1 heterocycles. The van der Waals surface area contributed by atoms with Crippen molar-refractivity contribution in [2.45, 2.75) is 52.0 Å². The molecule has 0 aromatic carbocycles. The monoisotopic (exact) mass is 255 g/mol. The summed E-state index contributed by atoms with van der Waals surface area (Å²) in [5, 5.41) is 5.73. The van der Waals surface area contributed by atoms with Gasteiger partial charge in [-0.1, -0.05) is 33.1 Å². The van der Waals surface area contributed by atoms with E-state index in [0.717, 1.165) is 12.3 Å². The molecule has 1 atom stereocenters. The maximum absolute atomic E-state index is 5.26. The van der Waals surface area contributed by atoms with E-state index in [9.17, 15) is 0 Å². The molecule has 0 aliphatic carbocycles. The third-order valence-electron chi connectivity index (χ3n) is 2.91. The highest BCUT2D eigenvalue weighted by Crippen LogP contribution is 2.29. The molecule has 0 aliphatic heterocycles. The normalized spacial score (nSPS) is 12.6. The fourth-order valence-electron chi connectivity index (χ4n) is 1.89. The number of ether oxygens (including phenoxy) is 1. The van der Waals surface area contributed by atoms with Crippen molar-refractivity contribution in [2.75, 3.05) is 13.7 Å². The van der Waals surface area contributed by atoms with Crippen LogP contribution < -0.4 is 10.1 Å². The highest BCUT2D eigenvalue weighted by Gasteiger charge is 2.12. The Kier molecular flexibility index (Phi) is 7.29. The smallest absolute Gasteiger partial charge is 0.129 e. The van der Waals surface area contributed by atoms with Crippen LogP contribution in [0.1, 0.15) is 56.9 Å². The van der Waals surface area contributed by atoms with E-state index in [1.807, 2.05) is 0 Å². The molecule has 98 valence electrons. The highest BCUT2D eigenvalue weighted by molar-refractivity contribution is 7.10. The maximum Gasteiger partial charge on any atom is 0.129 e. The molecule has 17 heavy (non-hydrogen) atoms. The van der Waals surface area contributed by atoms with Crippen LogP contribution in [0.15, 0.2) is 11.4 Å². The van der Waals surface area contributed by atoms with Gasteiger partial charge in [-0.3, -0.25) is 0 Å². The van der Waals surface area contributed by atoms with Crippen molar-refractivity contribution in [2.24, 2.45) is 0 Å². The summed E-state index contributed by atoms with van der Waals surface area (Å²) < 4.78 is 5.26. The zero-order valence-corrected chi connectivity index (χ0v) is 12.1. The average molecular weight is 255 g/mol. The predicted molar refractivity (Wildman–Crippen MR) is 76.0 cm³/mol. The van der Waals surface area contributed by atoms with Crippen molar-refractivity contribution < 1.29 is 4.74 Å². The van der Waals surface area contributed by atoms with Gasteiger partial charge in [-0.2, -0.15) is 0 Å². The zero-order valence-electron chi connectivity index (χ0n) is 11.3. The number of hydrogen-bond donors (Lipinski definition) is 1. The summed E-state index contributed by atoms with van der Waals surface area (Å²) in [6.45, 7) is 5.56. The SMILES string of the molecule is CCCCCC(NCCC)c1cc(OC)cs1. The molecule has 1 N–H and O–H groups in total. The van der Waals surface area contributed by atoms with Gasteiger partial charge in [0.2, 0.25) is 0 Å².